The maximum atomic E-state index is 6.17. The molecule has 0 radical (unpaired) electrons. The smallest absolute Gasteiger partial charge is 0.148 e. The fraction of sp³-hybridized carbons (Fsp3) is 0.381. The molecule has 1 aliphatic heterocycles. The standard InChI is InChI=1S/C21H25N3O/c1-15-7-8-16(2)20(13-15)25-14-21-23-18-5-3-4-6-19(18)24(21)17-9-11-22-12-10-17/h3-8,13,17,22H,9-12,14H2,1-2H3. The van der Waals surface area contributed by atoms with Crippen LogP contribution >= 0.6 is 0 Å². The molecule has 4 heteroatoms. The summed E-state index contributed by atoms with van der Waals surface area (Å²) in [6, 6.07) is 15.2. The minimum Gasteiger partial charge on any atom is -0.485 e. The number of hydrogen-bond acceptors (Lipinski definition) is 3. The predicted octanol–water partition coefficient (Wildman–Crippen LogP) is 4.16. The second-order valence-corrected chi connectivity index (χ2v) is 6.93. The number of rotatable bonds is 4. The third-order valence-corrected chi connectivity index (χ3v) is 5.04. The van der Waals surface area contributed by atoms with Crippen molar-refractivity contribution in [3.05, 3.63) is 59.4 Å². The Morgan fingerprint density at radius 2 is 1.92 bits per heavy atom. The molecule has 0 amide bonds. The Morgan fingerprint density at radius 1 is 1.12 bits per heavy atom. The molecular weight excluding hydrogens is 310 g/mol. The van der Waals surface area contributed by atoms with Gasteiger partial charge in [0.2, 0.25) is 0 Å². The molecule has 25 heavy (non-hydrogen) atoms. The van der Waals surface area contributed by atoms with E-state index in [1.54, 1.807) is 0 Å². The molecule has 1 saturated heterocycles. The largest absolute Gasteiger partial charge is 0.485 e. The Balaban J connectivity index is 1.67. The van der Waals surface area contributed by atoms with Crippen molar-refractivity contribution in [1.82, 2.24) is 14.9 Å². The highest BCUT2D eigenvalue weighted by molar-refractivity contribution is 5.76. The van der Waals surface area contributed by atoms with Gasteiger partial charge >= 0.3 is 0 Å². The van der Waals surface area contributed by atoms with E-state index in [1.807, 2.05) is 0 Å². The van der Waals surface area contributed by atoms with Gasteiger partial charge in [-0.25, -0.2) is 4.98 Å². The molecule has 1 aliphatic rings. The van der Waals surface area contributed by atoms with Gasteiger partial charge in [0.05, 0.1) is 11.0 Å². The highest BCUT2D eigenvalue weighted by atomic mass is 16.5. The molecule has 2 heterocycles. The lowest BCUT2D eigenvalue weighted by atomic mass is 10.1. The van der Waals surface area contributed by atoms with E-state index in [0.717, 1.165) is 48.6 Å². The zero-order valence-corrected chi connectivity index (χ0v) is 15.0. The Labute approximate surface area is 148 Å². The van der Waals surface area contributed by atoms with Gasteiger partial charge in [0, 0.05) is 6.04 Å². The number of imidazole rings is 1. The molecule has 0 saturated carbocycles. The maximum Gasteiger partial charge on any atom is 0.148 e. The third kappa shape index (κ3) is 3.27. The van der Waals surface area contributed by atoms with Gasteiger partial charge in [0.15, 0.2) is 0 Å². The number of hydrogen-bond donors (Lipinski definition) is 1. The summed E-state index contributed by atoms with van der Waals surface area (Å²) >= 11 is 0. The van der Waals surface area contributed by atoms with Crippen molar-refractivity contribution in [2.24, 2.45) is 0 Å². The number of nitrogens with zero attached hydrogens (tertiary/aromatic N) is 2. The van der Waals surface area contributed by atoms with Crippen LogP contribution in [0.1, 0.15) is 35.8 Å². The fourth-order valence-corrected chi connectivity index (χ4v) is 3.67. The van der Waals surface area contributed by atoms with E-state index < -0.39 is 0 Å². The van der Waals surface area contributed by atoms with E-state index >= 15 is 0 Å². The first-order chi connectivity index (χ1) is 12.2. The fourth-order valence-electron chi connectivity index (χ4n) is 3.67. The van der Waals surface area contributed by atoms with Crippen LogP contribution in [0.25, 0.3) is 11.0 Å². The van der Waals surface area contributed by atoms with Gasteiger partial charge in [-0.2, -0.15) is 0 Å². The van der Waals surface area contributed by atoms with E-state index in [2.05, 4.69) is 66.2 Å². The maximum absolute atomic E-state index is 6.17. The predicted molar refractivity (Wildman–Crippen MR) is 101 cm³/mol. The highest BCUT2D eigenvalue weighted by Gasteiger charge is 2.21. The van der Waals surface area contributed by atoms with E-state index in [-0.39, 0.29) is 0 Å². The van der Waals surface area contributed by atoms with Crippen LogP contribution in [0.5, 0.6) is 5.75 Å². The number of nitrogens with one attached hydrogen (secondary N) is 1. The van der Waals surface area contributed by atoms with Crippen molar-refractivity contribution < 1.29 is 4.74 Å². The molecule has 0 spiro atoms. The van der Waals surface area contributed by atoms with Crippen LogP contribution in [-0.2, 0) is 6.61 Å². The van der Waals surface area contributed by atoms with E-state index in [4.69, 9.17) is 9.72 Å². The monoisotopic (exact) mass is 335 g/mol. The number of benzene rings is 2. The number of piperidine rings is 1. The Kier molecular flexibility index (Phi) is 4.45. The molecule has 2 aromatic carbocycles. The summed E-state index contributed by atoms with van der Waals surface area (Å²) in [6.45, 7) is 6.81. The number of aromatic nitrogens is 2. The molecule has 4 nitrogen and oxygen atoms in total. The molecule has 4 rings (SSSR count). The van der Waals surface area contributed by atoms with Gasteiger partial charge in [-0.1, -0.05) is 24.3 Å². The van der Waals surface area contributed by atoms with Crippen LogP contribution in [0.3, 0.4) is 0 Å². The van der Waals surface area contributed by atoms with Crippen LogP contribution in [0, 0.1) is 13.8 Å². The molecule has 0 aliphatic carbocycles. The molecule has 0 atom stereocenters. The van der Waals surface area contributed by atoms with Crippen molar-refractivity contribution >= 4 is 11.0 Å². The SMILES string of the molecule is Cc1ccc(C)c(OCc2nc3ccccc3n2C2CCNCC2)c1. The van der Waals surface area contributed by atoms with Crippen LogP contribution in [-0.4, -0.2) is 22.6 Å². The average molecular weight is 335 g/mol. The van der Waals surface area contributed by atoms with E-state index in [9.17, 15) is 0 Å². The van der Waals surface area contributed by atoms with Crippen molar-refractivity contribution in [3.8, 4) is 5.75 Å². The van der Waals surface area contributed by atoms with Gasteiger partial charge in [-0.05, 0) is 69.1 Å². The molecule has 1 aromatic heterocycles. The van der Waals surface area contributed by atoms with Crippen molar-refractivity contribution in [2.75, 3.05) is 13.1 Å². The summed E-state index contributed by atoms with van der Waals surface area (Å²) in [5.41, 5.74) is 4.65. The van der Waals surface area contributed by atoms with Gasteiger partial charge in [0.25, 0.3) is 0 Å². The second-order valence-electron chi connectivity index (χ2n) is 6.93. The Bertz CT molecular complexity index is 878. The number of aryl methyl sites for hydroxylation is 2. The topological polar surface area (TPSA) is 39.1 Å². The van der Waals surface area contributed by atoms with Gasteiger partial charge in [-0.15, -0.1) is 0 Å². The Morgan fingerprint density at radius 3 is 2.76 bits per heavy atom. The molecule has 0 bridgehead atoms. The first-order valence-corrected chi connectivity index (χ1v) is 9.09. The second kappa shape index (κ2) is 6.89. The van der Waals surface area contributed by atoms with E-state index in [0.29, 0.717) is 12.6 Å². The highest BCUT2D eigenvalue weighted by Crippen LogP contribution is 2.28. The first-order valence-electron chi connectivity index (χ1n) is 9.09. The lowest BCUT2D eigenvalue weighted by Crippen LogP contribution is -2.30. The minimum absolute atomic E-state index is 0.492. The van der Waals surface area contributed by atoms with Gasteiger partial charge in [-0.3, -0.25) is 0 Å². The molecule has 1 fully saturated rings. The van der Waals surface area contributed by atoms with Gasteiger partial charge in [0.1, 0.15) is 18.2 Å². The summed E-state index contributed by atoms with van der Waals surface area (Å²) in [5, 5.41) is 3.45. The van der Waals surface area contributed by atoms with Crippen molar-refractivity contribution in [2.45, 2.75) is 39.3 Å². The summed E-state index contributed by atoms with van der Waals surface area (Å²) in [5.74, 6) is 1.97. The average Bonchev–Trinajstić information content (AvgIpc) is 3.01. The molecule has 3 aromatic rings. The minimum atomic E-state index is 0.492. The summed E-state index contributed by atoms with van der Waals surface area (Å²) in [6.07, 6.45) is 2.27. The van der Waals surface area contributed by atoms with Crippen LogP contribution in [0.2, 0.25) is 0 Å². The molecule has 130 valence electrons. The first kappa shape index (κ1) is 16.2. The number of para-hydroxylation sites is 2. The summed E-state index contributed by atoms with van der Waals surface area (Å²) in [4.78, 5) is 4.87. The summed E-state index contributed by atoms with van der Waals surface area (Å²) < 4.78 is 8.57. The molecule has 0 unspecified atom stereocenters. The van der Waals surface area contributed by atoms with Crippen LogP contribution in [0.4, 0.5) is 0 Å². The lowest BCUT2D eigenvalue weighted by molar-refractivity contribution is 0.274. The van der Waals surface area contributed by atoms with Gasteiger partial charge < -0.3 is 14.6 Å². The molecule has 1 N–H and O–H groups in total. The quantitative estimate of drug-likeness (QED) is 0.778. The van der Waals surface area contributed by atoms with Crippen LogP contribution in [0.15, 0.2) is 42.5 Å². The van der Waals surface area contributed by atoms with Crippen LogP contribution < -0.4 is 10.1 Å². The van der Waals surface area contributed by atoms with Crippen molar-refractivity contribution in [3.63, 3.8) is 0 Å². The van der Waals surface area contributed by atoms with Crippen molar-refractivity contribution in [1.29, 1.82) is 0 Å². The Hall–Kier alpha value is -2.33. The van der Waals surface area contributed by atoms with E-state index in [1.165, 1.54) is 11.1 Å². The zero-order chi connectivity index (χ0) is 17.2. The normalized spacial score (nSPS) is 15.6. The number of fused-ring (bicyclic) bond motifs is 1. The third-order valence-electron chi connectivity index (χ3n) is 5.04. The number of ether oxygens (including phenoxy) is 1. The lowest BCUT2D eigenvalue weighted by Gasteiger charge is -2.26. The molecular formula is C21H25N3O. The summed E-state index contributed by atoms with van der Waals surface area (Å²) in [7, 11) is 0. The zero-order valence-electron chi connectivity index (χ0n) is 15.0.